The fourth-order valence-corrected chi connectivity index (χ4v) is 4.10. The average molecular weight is 381 g/mol. The molecule has 2 N–H and O–H groups in total. The molecular formula is C24H32N2O2. The predicted molar refractivity (Wildman–Crippen MR) is 114 cm³/mol. The van der Waals surface area contributed by atoms with E-state index in [0.29, 0.717) is 12.3 Å². The predicted octanol–water partition coefficient (Wildman–Crippen LogP) is 3.58. The van der Waals surface area contributed by atoms with Gasteiger partial charge in [0.1, 0.15) is 5.75 Å². The van der Waals surface area contributed by atoms with Crippen molar-refractivity contribution in [2.45, 2.75) is 45.1 Å². The molecule has 4 nitrogen and oxygen atoms in total. The molecule has 1 fully saturated rings. The van der Waals surface area contributed by atoms with Gasteiger partial charge in [-0.1, -0.05) is 49.4 Å². The van der Waals surface area contributed by atoms with Crippen molar-refractivity contribution >= 4 is 5.91 Å². The third kappa shape index (κ3) is 4.22. The van der Waals surface area contributed by atoms with Crippen molar-refractivity contribution in [2.75, 3.05) is 20.6 Å². The molecule has 0 bridgehead atoms. The summed E-state index contributed by atoms with van der Waals surface area (Å²) < 4.78 is 0. The molecule has 1 unspecified atom stereocenters. The maximum Gasteiger partial charge on any atom is 0.224 e. The number of aryl methyl sites for hydroxylation is 2. The molecule has 2 aromatic carbocycles. The summed E-state index contributed by atoms with van der Waals surface area (Å²) in [6.45, 7) is 6.65. The molecule has 1 saturated carbocycles. The Morgan fingerprint density at radius 1 is 1.21 bits per heavy atom. The molecule has 3 rings (SSSR count). The second-order valence-corrected chi connectivity index (χ2v) is 8.69. The van der Waals surface area contributed by atoms with Crippen LogP contribution in [-0.2, 0) is 16.6 Å². The number of aromatic hydroxyl groups is 1. The molecule has 2 aromatic rings. The van der Waals surface area contributed by atoms with Crippen molar-refractivity contribution < 1.29 is 9.90 Å². The van der Waals surface area contributed by atoms with Crippen molar-refractivity contribution in [3.8, 4) is 5.75 Å². The highest BCUT2D eigenvalue weighted by Gasteiger charge is 2.55. The first-order chi connectivity index (χ1) is 13.2. The summed E-state index contributed by atoms with van der Waals surface area (Å²) in [7, 11) is 4.09. The quantitative estimate of drug-likeness (QED) is 0.772. The molecule has 0 aromatic heterocycles. The van der Waals surface area contributed by atoms with Crippen molar-refractivity contribution in [1.82, 2.24) is 10.2 Å². The van der Waals surface area contributed by atoms with Crippen LogP contribution < -0.4 is 5.32 Å². The van der Waals surface area contributed by atoms with E-state index in [1.54, 1.807) is 0 Å². The van der Waals surface area contributed by atoms with Gasteiger partial charge in [0.15, 0.2) is 0 Å². The van der Waals surface area contributed by atoms with E-state index in [9.17, 15) is 9.90 Å². The molecule has 0 saturated heterocycles. The number of phenolic OH excluding ortho intramolecular Hbond substituents is 1. The molecule has 3 atom stereocenters. The van der Waals surface area contributed by atoms with Gasteiger partial charge >= 0.3 is 0 Å². The van der Waals surface area contributed by atoms with Gasteiger partial charge in [0, 0.05) is 23.9 Å². The van der Waals surface area contributed by atoms with Crippen LogP contribution in [-0.4, -0.2) is 42.6 Å². The van der Waals surface area contributed by atoms with Crippen LogP contribution in [0.5, 0.6) is 5.75 Å². The van der Waals surface area contributed by atoms with Gasteiger partial charge in [0.05, 0.1) is 0 Å². The molecule has 0 heterocycles. The summed E-state index contributed by atoms with van der Waals surface area (Å²) in [6.07, 6.45) is 1.74. The van der Waals surface area contributed by atoms with E-state index in [1.165, 1.54) is 11.1 Å². The third-order valence-electron chi connectivity index (χ3n) is 6.25. The minimum Gasteiger partial charge on any atom is -0.507 e. The molecule has 1 aliphatic rings. The zero-order valence-electron chi connectivity index (χ0n) is 17.6. The largest absolute Gasteiger partial charge is 0.507 e. The number of phenols is 1. The van der Waals surface area contributed by atoms with Gasteiger partial charge in [-0.2, -0.15) is 0 Å². The number of nitrogens with one attached hydrogen (secondary N) is 1. The second kappa shape index (κ2) is 7.96. The number of nitrogens with zero attached hydrogens (tertiary/aromatic N) is 1. The topological polar surface area (TPSA) is 52.6 Å². The Kier molecular flexibility index (Phi) is 5.80. The Hall–Kier alpha value is -2.33. The Bertz CT molecular complexity index is 824. The fourth-order valence-electron chi connectivity index (χ4n) is 4.10. The fraction of sp³-hybridized carbons (Fsp3) is 0.458. The van der Waals surface area contributed by atoms with E-state index in [2.05, 4.69) is 29.3 Å². The van der Waals surface area contributed by atoms with Crippen LogP contribution in [0.2, 0.25) is 0 Å². The number of hydrogen-bond acceptors (Lipinski definition) is 3. The highest BCUT2D eigenvalue weighted by Crippen LogP contribution is 2.53. The van der Waals surface area contributed by atoms with E-state index in [-0.39, 0.29) is 23.3 Å². The van der Waals surface area contributed by atoms with Gasteiger partial charge in [-0.15, -0.1) is 0 Å². The Morgan fingerprint density at radius 2 is 1.82 bits per heavy atom. The van der Waals surface area contributed by atoms with Gasteiger partial charge in [0.2, 0.25) is 5.91 Å². The summed E-state index contributed by atoms with van der Waals surface area (Å²) in [5.74, 6) is 0.569. The summed E-state index contributed by atoms with van der Waals surface area (Å²) in [5, 5.41) is 13.2. The summed E-state index contributed by atoms with van der Waals surface area (Å²) >= 11 is 0. The smallest absolute Gasteiger partial charge is 0.224 e. The van der Waals surface area contributed by atoms with Crippen molar-refractivity contribution in [3.63, 3.8) is 0 Å². The van der Waals surface area contributed by atoms with Crippen LogP contribution >= 0.6 is 0 Å². The maximum atomic E-state index is 12.8. The number of carbonyl (C=O) groups is 1. The minimum atomic E-state index is -0.0376. The maximum absolute atomic E-state index is 12.8. The lowest BCUT2D eigenvalue weighted by molar-refractivity contribution is -0.122. The van der Waals surface area contributed by atoms with Gasteiger partial charge in [-0.05, 0) is 63.0 Å². The van der Waals surface area contributed by atoms with Crippen molar-refractivity contribution in [1.29, 1.82) is 0 Å². The lowest BCUT2D eigenvalue weighted by Gasteiger charge is -2.25. The number of benzene rings is 2. The minimum absolute atomic E-state index is 0.0376. The Morgan fingerprint density at radius 3 is 2.39 bits per heavy atom. The van der Waals surface area contributed by atoms with Crippen LogP contribution in [0.3, 0.4) is 0 Å². The lowest BCUT2D eigenvalue weighted by atomic mass is 9.95. The normalized spacial score (nSPS) is 22.1. The highest BCUT2D eigenvalue weighted by molar-refractivity contribution is 5.84. The van der Waals surface area contributed by atoms with Crippen LogP contribution in [0.1, 0.15) is 35.6 Å². The van der Waals surface area contributed by atoms with Crippen LogP contribution in [0.4, 0.5) is 0 Å². The molecule has 4 heteroatoms. The van der Waals surface area contributed by atoms with E-state index in [1.807, 2.05) is 58.3 Å². The number of likely N-dealkylation sites (N-methyl/N-ethyl adjacent to an activating group) is 1. The molecule has 0 radical (unpaired) electrons. The SMILES string of the molecule is Cc1cc(CC(CNC(=O)[C@@H]2C[C@]2(C)c2ccccc2)N(C)C)cc(C)c1O. The molecule has 0 spiro atoms. The average Bonchev–Trinajstić information content (AvgIpc) is 3.36. The zero-order valence-corrected chi connectivity index (χ0v) is 17.6. The van der Waals surface area contributed by atoms with Gasteiger partial charge in [0.25, 0.3) is 0 Å². The molecule has 0 aliphatic heterocycles. The molecule has 1 aliphatic carbocycles. The lowest BCUT2D eigenvalue weighted by Crippen LogP contribution is -2.42. The van der Waals surface area contributed by atoms with Crippen LogP contribution in [0, 0.1) is 19.8 Å². The van der Waals surface area contributed by atoms with Gasteiger partial charge in [-0.25, -0.2) is 0 Å². The standard InChI is InChI=1S/C24H32N2O2/c1-16-11-18(12-17(2)22(16)27)13-20(26(4)5)15-25-23(28)21-14-24(21,3)19-9-7-6-8-10-19/h6-12,20-21,27H,13-15H2,1-5H3,(H,25,28)/t20?,21-,24+/m0/s1. The third-order valence-corrected chi connectivity index (χ3v) is 6.25. The Balaban J connectivity index is 1.61. The van der Waals surface area contributed by atoms with E-state index >= 15 is 0 Å². The number of carbonyl (C=O) groups excluding carboxylic acids is 1. The molecule has 150 valence electrons. The van der Waals surface area contributed by atoms with Crippen molar-refractivity contribution in [3.05, 3.63) is 64.7 Å². The molecular weight excluding hydrogens is 348 g/mol. The van der Waals surface area contributed by atoms with E-state index in [0.717, 1.165) is 24.0 Å². The van der Waals surface area contributed by atoms with Crippen molar-refractivity contribution in [2.24, 2.45) is 5.92 Å². The molecule has 28 heavy (non-hydrogen) atoms. The number of hydrogen-bond donors (Lipinski definition) is 2. The van der Waals surface area contributed by atoms with Crippen LogP contribution in [0.25, 0.3) is 0 Å². The van der Waals surface area contributed by atoms with E-state index in [4.69, 9.17) is 0 Å². The second-order valence-electron chi connectivity index (χ2n) is 8.69. The number of amides is 1. The summed E-state index contributed by atoms with van der Waals surface area (Å²) in [4.78, 5) is 14.9. The monoisotopic (exact) mass is 380 g/mol. The first-order valence-corrected chi connectivity index (χ1v) is 10.0. The van der Waals surface area contributed by atoms with Gasteiger partial charge < -0.3 is 15.3 Å². The van der Waals surface area contributed by atoms with Gasteiger partial charge in [-0.3, -0.25) is 4.79 Å². The van der Waals surface area contributed by atoms with Crippen LogP contribution in [0.15, 0.2) is 42.5 Å². The zero-order chi connectivity index (χ0) is 20.5. The number of rotatable bonds is 7. The molecule has 1 amide bonds. The van der Waals surface area contributed by atoms with E-state index < -0.39 is 0 Å². The highest BCUT2D eigenvalue weighted by atomic mass is 16.3. The summed E-state index contributed by atoms with van der Waals surface area (Å²) in [5.41, 5.74) is 4.18. The Labute approximate surface area is 168 Å². The first kappa shape index (κ1) is 20.4. The summed E-state index contributed by atoms with van der Waals surface area (Å²) in [6, 6.07) is 14.6. The first-order valence-electron chi connectivity index (χ1n) is 10.0.